The number of benzene rings is 2. The molecule has 0 aliphatic carbocycles. The lowest BCUT2D eigenvalue weighted by Crippen LogP contribution is -2.18. The SMILES string of the molecule is CC(N)Cc1cc(Br)ccc1Oc1ccccc1C(C)C. The van der Waals surface area contributed by atoms with Crippen molar-refractivity contribution in [3.05, 3.63) is 58.1 Å². The molecule has 1 unspecified atom stereocenters. The van der Waals surface area contributed by atoms with E-state index in [4.69, 9.17) is 10.5 Å². The first kappa shape index (κ1) is 16.1. The zero-order valence-electron chi connectivity index (χ0n) is 12.8. The van der Waals surface area contributed by atoms with Gasteiger partial charge in [0.05, 0.1) is 0 Å². The first-order valence-electron chi connectivity index (χ1n) is 7.28. The van der Waals surface area contributed by atoms with E-state index in [9.17, 15) is 0 Å². The highest BCUT2D eigenvalue weighted by atomic mass is 79.9. The Bertz CT molecular complexity index is 608. The fourth-order valence-electron chi connectivity index (χ4n) is 2.32. The molecule has 2 rings (SSSR count). The number of ether oxygens (including phenoxy) is 1. The summed E-state index contributed by atoms with van der Waals surface area (Å²) in [5.74, 6) is 2.22. The van der Waals surface area contributed by atoms with Crippen LogP contribution in [0, 0.1) is 0 Å². The van der Waals surface area contributed by atoms with E-state index in [0.717, 1.165) is 28.0 Å². The van der Waals surface area contributed by atoms with E-state index >= 15 is 0 Å². The molecule has 2 nitrogen and oxygen atoms in total. The number of halogens is 1. The molecule has 3 heteroatoms. The fraction of sp³-hybridized carbons (Fsp3) is 0.333. The molecular weight excluding hydrogens is 326 g/mol. The van der Waals surface area contributed by atoms with Gasteiger partial charge in [0.25, 0.3) is 0 Å². The van der Waals surface area contributed by atoms with E-state index < -0.39 is 0 Å². The summed E-state index contributed by atoms with van der Waals surface area (Å²) in [6, 6.07) is 14.4. The maximum Gasteiger partial charge on any atom is 0.130 e. The summed E-state index contributed by atoms with van der Waals surface area (Å²) in [5, 5.41) is 0. The summed E-state index contributed by atoms with van der Waals surface area (Å²) in [5.41, 5.74) is 8.28. The standard InChI is InChI=1S/C18H22BrNO/c1-12(2)16-6-4-5-7-18(16)21-17-9-8-15(19)11-14(17)10-13(3)20/h4-9,11-13H,10,20H2,1-3H3. The summed E-state index contributed by atoms with van der Waals surface area (Å²) in [6.45, 7) is 6.35. The van der Waals surface area contributed by atoms with Crippen LogP contribution in [0.5, 0.6) is 11.5 Å². The van der Waals surface area contributed by atoms with Gasteiger partial charge in [0.15, 0.2) is 0 Å². The number of hydrogen-bond acceptors (Lipinski definition) is 2. The van der Waals surface area contributed by atoms with Crippen LogP contribution in [-0.4, -0.2) is 6.04 Å². The Labute approximate surface area is 135 Å². The van der Waals surface area contributed by atoms with Crippen LogP contribution < -0.4 is 10.5 Å². The number of hydrogen-bond donors (Lipinski definition) is 1. The molecule has 0 heterocycles. The average molecular weight is 348 g/mol. The van der Waals surface area contributed by atoms with Gasteiger partial charge >= 0.3 is 0 Å². The van der Waals surface area contributed by atoms with Gasteiger partial charge in [-0.05, 0) is 54.7 Å². The van der Waals surface area contributed by atoms with Crippen LogP contribution in [0.3, 0.4) is 0 Å². The molecule has 2 aromatic rings. The second-order valence-corrected chi connectivity index (χ2v) is 6.64. The number of rotatable bonds is 5. The van der Waals surface area contributed by atoms with Gasteiger partial charge in [-0.25, -0.2) is 0 Å². The van der Waals surface area contributed by atoms with E-state index in [-0.39, 0.29) is 6.04 Å². The summed E-state index contributed by atoms with van der Waals surface area (Å²) in [7, 11) is 0. The molecule has 21 heavy (non-hydrogen) atoms. The highest BCUT2D eigenvalue weighted by Crippen LogP contribution is 2.33. The Morgan fingerprint density at radius 2 is 1.76 bits per heavy atom. The maximum absolute atomic E-state index is 6.18. The van der Waals surface area contributed by atoms with Gasteiger partial charge in [-0.1, -0.05) is 48.0 Å². The largest absolute Gasteiger partial charge is 0.457 e. The summed E-state index contributed by atoms with van der Waals surface area (Å²) in [4.78, 5) is 0. The molecule has 0 saturated heterocycles. The maximum atomic E-state index is 6.18. The Balaban J connectivity index is 2.35. The second kappa shape index (κ2) is 7.10. The Kier molecular flexibility index (Phi) is 5.43. The molecule has 2 N–H and O–H groups in total. The second-order valence-electron chi connectivity index (χ2n) is 5.73. The van der Waals surface area contributed by atoms with E-state index in [1.807, 2.05) is 37.3 Å². The first-order valence-corrected chi connectivity index (χ1v) is 8.07. The van der Waals surface area contributed by atoms with Crippen molar-refractivity contribution in [1.82, 2.24) is 0 Å². The highest BCUT2D eigenvalue weighted by molar-refractivity contribution is 9.10. The summed E-state index contributed by atoms with van der Waals surface area (Å²) >= 11 is 3.51. The van der Waals surface area contributed by atoms with Gasteiger partial charge in [-0.2, -0.15) is 0 Å². The van der Waals surface area contributed by atoms with Gasteiger partial charge < -0.3 is 10.5 Å². The van der Waals surface area contributed by atoms with Crippen LogP contribution in [-0.2, 0) is 6.42 Å². The summed E-state index contributed by atoms with van der Waals surface area (Å²) in [6.07, 6.45) is 0.790. The normalized spacial score (nSPS) is 12.5. The summed E-state index contributed by atoms with van der Waals surface area (Å²) < 4.78 is 7.23. The lowest BCUT2D eigenvalue weighted by Gasteiger charge is -2.17. The molecule has 0 aliphatic heterocycles. The smallest absolute Gasteiger partial charge is 0.130 e. The third-order valence-electron chi connectivity index (χ3n) is 3.33. The molecule has 0 amide bonds. The zero-order valence-corrected chi connectivity index (χ0v) is 14.4. The van der Waals surface area contributed by atoms with Crippen molar-refractivity contribution in [3.63, 3.8) is 0 Å². The molecule has 112 valence electrons. The molecule has 0 aliphatic rings. The predicted molar refractivity (Wildman–Crippen MR) is 92.1 cm³/mol. The third-order valence-corrected chi connectivity index (χ3v) is 3.82. The molecule has 0 bridgehead atoms. The van der Waals surface area contributed by atoms with Gasteiger partial charge in [-0.3, -0.25) is 0 Å². The van der Waals surface area contributed by atoms with Gasteiger partial charge in [0.2, 0.25) is 0 Å². The van der Waals surface area contributed by atoms with Crippen molar-refractivity contribution in [3.8, 4) is 11.5 Å². The molecule has 1 atom stereocenters. The minimum absolute atomic E-state index is 0.0991. The molecule has 0 saturated carbocycles. The van der Waals surface area contributed by atoms with Crippen LogP contribution in [0.15, 0.2) is 46.9 Å². The van der Waals surface area contributed by atoms with Gasteiger partial charge in [0, 0.05) is 10.5 Å². The quantitative estimate of drug-likeness (QED) is 0.800. The fourth-order valence-corrected chi connectivity index (χ4v) is 2.73. The van der Waals surface area contributed by atoms with Crippen molar-refractivity contribution in [2.75, 3.05) is 0 Å². The van der Waals surface area contributed by atoms with Crippen molar-refractivity contribution in [2.24, 2.45) is 5.73 Å². The predicted octanol–water partition coefficient (Wildman–Crippen LogP) is 5.25. The number of para-hydroxylation sites is 1. The van der Waals surface area contributed by atoms with Crippen molar-refractivity contribution >= 4 is 15.9 Å². The minimum atomic E-state index is 0.0991. The number of nitrogens with two attached hydrogens (primary N) is 1. The van der Waals surface area contributed by atoms with Gasteiger partial charge in [0.1, 0.15) is 11.5 Å². The highest BCUT2D eigenvalue weighted by Gasteiger charge is 2.12. The van der Waals surface area contributed by atoms with E-state index in [2.05, 4.69) is 41.9 Å². The Hall–Kier alpha value is -1.32. The first-order chi connectivity index (χ1) is 9.97. The minimum Gasteiger partial charge on any atom is -0.457 e. The third kappa shape index (κ3) is 4.32. The molecule has 0 radical (unpaired) electrons. The van der Waals surface area contributed by atoms with Crippen molar-refractivity contribution < 1.29 is 4.74 Å². The Morgan fingerprint density at radius 1 is 1.05 bits per heavy atom. The Morgan fingerprint density at radius 3 is 2.43 bits per heavy atom. The molecule has 2 aromatic carbocycles. The molecule has 0 aromatic heterocycles. The molecule has 0 fully saturated rings. The van der Waals surface area contributed by atoms with E-state index in [1.54, 1.807) is 0 Å². The van der Waals surface area contributed by atoms with E-state index in [1.165, 1.54) is 5.56 Å². The zero-order chi connectivity index (χ0) is 15.4. The van der Waals surface area contributed by atoms with Crippen molar-refractivity contribution in [2.45, 2.75) is 39.2 Å². The van der Waals surface area contributed by atoms with Crippen LogP contribution in [0.4, 0.5) is 0 Å². The average Bonchev–Trinajstić information content (AvgIpc) is 2.41. The van der Waals surface area contributed by atoms with Gasteiger partial charge in [-0.15, -0.1) is 0 Å². The molecular formula is C18H22BrNO. The molecule has 0 spiro atoms. The van der Waals surface area contributed by atoms with Crippen LogP contribution >= 0.6 is 15.9 Å². The lowest BCUT2D eigenvalue weighted by molar-refractivity contribution is 0.465. The van der Waals surface area contributed by atoms with E-state index in [0.29, 0.717) is 5.92 Å². The van der Waals surface area contributed by atoms with Crippen LogP contribution in [0.1, 0.15) is 37.8 Å². The van der Waals surface area contributed by atoms with Crippen LogP contribution in [0.25, 0.3) is 0 Å². The topological polar surface area (TPSA) is 35.2 Å². The monoisotopic (exact) mass is 347 g/mol. The van der Waals surface area contributed by atoms with Crippen LogP contribution in [0.2, 0.25) is 0 Å². The lowest BCUT2D eigenvalue weighted by atomic mass is 10.0. The van der Waals surface area contributed by atoms with Crippen molar-refractivity contribution in [1.29, 1.82) is 0 Å².